The molecule has 1 aromatic heterocycles. The summed E-state index contributed by atoms with van der Waals surface area (Å²) in [6.07, 6.45) is 0. The molecule has 3 aromatic rings. The van der Waals surface area contributed by atoms with Crippen molar-refractivity contribution < 1.29 is 18.8 Å². The Labute approximate surface area is 139 Å². The second-order valence-corrected chi connectivity index (χ2v) is 4.88. The van der Waals surface area contributed by atoms with Gasteiger partial charge in [-0.3, -0.25) is 0 Å². The number of ether oxygens (including phenoxy) is 2. The number of benzene rings is 2. The molecule has 2 aromatic carbocycles. The summed E-state index contributed by atoms with van der Waals surface area (Å²) in [4.78, 5) is 16.4. The van der Waals surface area contributed by atoms with Gasteiger partial charge in [0.1, 0.15) is 11.3 Å². The quantitative estimate of drug-likeness (QED) is 0.646. The molecule has 0 fully saturated rings. The molecule has 0 saturated carbocycles. The molecule has 1 heterocycles. The lowest BCUT2D eigenvalue weighted by molar-refractivity contribution is 0.0425. The number of carbonyl (C=O) groups is 1. The van der Waals surface area contributed by atoms with E-state index in [0.29, 0.717) is 23.7 Å². The van der Waals surface area contributed by atoms with E-state index in [4.69, 9.17) is 14.0 Å². The van der Waals surface area contributed by atoms with Gasteiger partial charge in [-0.1, -0.05) is 47.6 Å². The normalized spacial score (nSPS) is 10.4. The number of aromatic nitrogens is 2. The van der Waals surface area contributed by atoms with Crippen molar-refractivity contribution in [3.63, 3.8) is 0 Å². The molecule has 6 heteroatoms. The summed E-state index contributed by atoms with van der Waals surface area (Å²) in [5.41, 5.74) is 1.20. The predicted molar refractivity (Wildman–Crippen MR) is 86.5 cm³/mol. The average Bonchev–Trinajstić information content (AvgIpc) is 3.10. The van der Waals surface area contributed by atoms with E-state index < -0.39 is 5.97 Å². The van der Waals surface area contributed by atoms with Crippen LogP contribution in [0.4, 0.5) is 0 Å². The SMILES string of the molecule is CCOc1ccccc1C(=O)OCc1nc(-c2ccccc2)no1. The van der Waals surface area contributed by atoms with Crippen molar-refractivity contribution in [3.8, 4) is 17.1 Å². The highest BCUT2D eigenvalue weighted by molar-refractivity contribution is 5.92. The van der Waals surface area contributed by atoms with Crippen molar-refractivity contribution in [3.05, 3.63) is 66.1 Å². The third-order valence-corrected chi connectivity index (χ3v) is 3.23. The molecule has 24 heavy (non-hydrogen) atoms. The van der Waals surface area contributed by atoms with Crippen LogP contribution in [0, 0.1) is 0 Å². The zero-order valence-corrected chi connectivity index (χ0v) is 13.1. The first kappa shape index (κ1) is 15.7. The minimum atomic E-state index is -0.501. The number of nitrogens with zero attached hydrogens (tertiary/aromatic N) is 2. The summed E-state index contributed by atoms with van der Waals surface area (Å²) >= 11 is 0. The number of para-hydroxylation sites is 1. The van der Waals surface area contributed by atoms with E-state index in [1.807, 2.05) is 37.3 Å². The number of hydrogen-bond donors (Lipinski definition) is 0. The van der Waals surface area contributed by atoms with Crippen molar-refractivity contribution in [1.82, 2.24) is 10.1 Å². The van der Waals surface area contributed by atoms with Crippen molar-refractivity contribution in [2.75, 3.05) is 6.61 Å². The van der Waals surface area contributed by atoms with E-state index >= 15 is 0 Å². The molecule has 0 bridgehead atoms. The van der Waals surface area contributed by atoms with Gasteiger partial charge < -0.3 is 14.0 Å². The van der Waals surface area contributed by atoms with Crippen LogP contribution in [-0.4, -0.2) is 22.7 Å². The van der Waals surface area contributed by atoms with E-state index in [1.165, 1.54) is 0 Å². The topological polar surface area (TPSA) is 74.5 Å². The molecule has 0 aliphatic carbocycles. The molecule has 0 saturated heterocycles. The van der Waals surface area contributed by atoms with Gasteiger partial charge in [0.2, 0.25) is 5.82 Å². The molecule has 0 unspecified atom stereocenters. The minimum Gasteiger partial charge on any atom is -0.493 e. The molecule has 3 rings (SSSR count). The molecular weight excluding hydrogens is 308 g/mol. The van der Waals surface area contributed by atoms with Crippen LogP contribution >= 0.6 is 0 Å². The smallest absolute Gasteiger partial charge is 0.342 e. The molecule has 0 N–H and O–H groups in total. The molecule has 0 atom stereocenters. The predicted octanol–water partition coefficient (Wildman–Crippen LogP) is 3.49. The monoisotopic (exact) mass is 324 g/mol. The zero-order chi connectivity index (χ0) is 16.8. The minimum absolute atomic E-state index is 0.0981. The number of carbonyl (C=O) groups excluding carboxylic acids is 1. The van der Waals surface area contributed by atoms with Gasteiger partial charge in [0.05, 0.1) is 6.61 Å². The highest BCUT2D eigenvalue weighted by Gasteiger charge is 2.15. The largest absolute Gasteiger partial charge is 0.493 e. The molecule has 0 spiro atoms. The number of hydrogen-bond acceptors (Lipinski definition) is 6. The van der Waals surface area contributed by atoms with Crippen LogP contribution in [0.15, 0.2) is 59.1 Å². The Morgan fingerprint density at radius 2 is 1.83 bits per heavy atom. The molecule has 6 nitrogen and oxygen atoms in total. The van der Waals surface area contributed by atoms with Gasteiger partial charge in [-0.05, 0) is 19.1 Å². The molecular formula is C18H16N2O4. The highest BCUT2D eigenvalue weighted by atomic mass is 16.6. The fraction of sp³-hybridized carbons (Fsp3) is 0.167. The van der Waals surface area contributed by atoms with Crippen molar-refractivity contribution in [2.45, 2.75) is 13.5 Å². The van der Waals surface area contributed by atoms with Crippen LogP contribution in [0.2, 0.25) is 0 Å². The fourth-order valence-electron chi connectivity index (χ4n) is 2.14. The Morgan fingerprint density at radius 1 is 1.08 bits per heavy atom. The van der Waals surface area contributed by atoms with Gasteiger partial charge in [-0.15, -0.1) is 0 Å². The van der Waals surface area contributed by atoms with E-state index in [9.17, 15) is 4.79 Å². The molecule has 0 radical (unpaired) electrons. The van der Waals surface area contributed by atoms with Crippen molar-refractivity contribution in [1.29, 1.82) is 0 Å². The third-order valence-electron chi connectivity index (χ3n) is 3.23. The third kappa shape index (κ3) is 3.60. The standard InChI is InChI=1S/C18H16N2O4/c1-2-22-15-11-7-6-10-14(15)18(21)23-12-16-19-17(20-24-16)13-8-4-3-5-9-13/h3-11H,2,12H2,1H3. The maximum absolute atomic E-state index is 12.2. The lowest BCUT2D eigenvalue weighted by Gasteiger charge is -2.08. The Bertz CT molecular complexity index is 815. The average molecular weight is 324 g/mol. The van der Waals surface area contributed by atoms with Gasteiger partial charge in [0.25, 0.3) is 5.89 Å². The van der Waals surface area contributed by atoms with Crippen LogP contribution in [0.25, 0.3) is 11.4 Å². The summed E-state index contributed by atoms with van der Waals surface area (Å²) in [6, 6.07) is 16.3. The molecule has 0 aliphatic heterocycles. The summed E-state index contributed by atoms with van der Waals surface area (Å²) in [7, 11) is 0. The zero-order valence-electron chi connectivity index (χ0n) is 13.1. The Balaban J connectivity index is 1.66. The molecule has 0 amide bonds. The second-order valence-electron chi connectivity index (χ2n) is 4.88. The summed E-state index contributed by atoms with van der Waals surface area (Å²) in [6.45, 7) is 2.22. The highest BCUT2D eigenvalue weighted by Crippen LogP contribution is 2.20. The van der Waals surface area contributed by atoms with Gasteiger partial charge in [0, 0.05) is 5.56 Å². The van der Waals surface area contributed by atoms with Crippen LogP contribution in [0.1, 0.15) is 23.2 Å². The van der Waals surface area contributed by atoms with Crippen molar-refractivity contribution in [2.24, 2.45) is 0 Å². The van der Waals surface area contributed by atoms with E-state index in [2.05, 4.69) is 10.1 Å². The fourth-order valence-corrected chi connectivity index (χ4v) is 2.14. The van der Waals surface area contributed by atoms with Gasteiger partial charge in [-0.2, -0.15) is 4.98 Å². The maximum Gasteiger partial charge on any atom is 0.342 e. The summed E-state index contributed by atoms with van der Waals surface area (Å²) in [5.74, 6) is 0.673. The number of esters is 1. The Kier molecular flexibility index (Phi) is 4.86. The molecule has 0 aliphatic rings. The van der Waals surface area contributed by atoms with Crippen LogP contribution in [0.3, 0.4) is 0 Å². The van der Waals surface area contributed by atoms with E-state index in [1.54, 1.807) is 24.3 Å². The van der Waals surface area contributed by atoms with E-state index in [0.717, 1.165) is 5.56 Å². The van der Waals surface area contributed by atoms with Crippen LogP contribution < -0.4 is 4.74 Å². The Morgan fingerprint density at radius 3 is 2.62 bits per heavy atom. The molecule has 122 valence electrons. The first-order valence-corrected chi connectivity index (χ1v) is 7.55. The van der Waals surface area contributed by atoms with Crippen molar-refractivity contribution >= 4 is 5.97 Å². The Hall–Kier alpha value is -3.15. The first-order valence-electron chi connectivity index (χ1n) is 7.55. The number of rotatable bonds is 6. The van der Waals surface area contributed by atoms with Gasteiger partial charge in [-0.25, -0.2) is 4.79 Å². The first-order chi connectivity index (χ1) is 11.8. The summed E-state index contributed by atoms with van der Waals surface area (Å²) < 4.78 is 15.8. The van der Waals surface area contributed by atoms with Gasteiger partial charge in [0.15, 0.2) is 6.61 Å². The lowest BCUT2D eigenvalue weighted by Crippen LogP contribution is -2.08. The second kappa shape index (κ2) is 7.41. The van der Waals surface area contributed by atoms with Gasteiger partial charge >= 0.3 is 5.97 Å². The van der Waals surface area contributed by atoms with Crippen LogP contribution in [0.5, 0.6) is 5.75 Å². The van der Waals surface area contributed by atoms with E-state index in [-0.39, 0.29) is 12.5 Å². The van der Waals surface area contributed by atoms with Crippen LogP contribution in [-0.2, 0) is 11.3 Å². The summed E-state index contributed by atoms with van der Waals surface area (Å²) in [5, 5.41) is 3.88. The lowest BCUT2D eigenvalue weighted by atomic mass is 10.2. The maximum atomic E-state index is 12.2.